The molecule has 5 nitrogen and oxygen atoms in total. The molecule has 0 heterocycles. The van der Waals surface area contributed by atoms with E-state index >= 15 is 0 Å². The van der Waals surface area contributed by atoms with Gasteiger partial charge in [0.15, 0.2) is 5.78 Å². The molecule has 0 aromatic rings. The molecule has 0 spiro atoms. The van der Waals surface area contributed by atoms with Crippen molar-refractivity contribution in [3.8, 4) is 0 Å². The number of nitrogens with zero attached hydrogens (tertiary/aromatic N) is 1. The fourth-order valence-corrected chi connectivity index (χ4v) is 1.57. The summed E-state index contributed by atoms with van der Waals surface area (Å²) in [5.74, 6) is -1.15. The number of ether oxygens (including phenoxy) is 1. The van der Waals surface area contributed by atoms with E-state index in [2.05, 4.69) is 5.16 Å². The van der Waals surface area contributed by atoms with E-state index in [9.17, 15) is 9.59 Å². The largest absolute Gasteiger partial charge is 0.461 e. The van der Waals surface area contributed by atoms with Gasteiger partial charge in [-0.1, -0.05) is 5.16 Å². The van der Waals surface area contributed by atoms with Crippen LogP contribution in [0.5, 0.6) is 0 Å². The Balaban J connectivity index is 2.57. The highest BCUT2D eigenvalue weighted by Gasteiger charge is 2.21. The minimum absolute atomic E-state index is 0.0313. The molecule has 0 unspecified atom stereocenters. The first-order valence-corrected chi connectivity index (χ1v) is 5.57. The molecule has 5 heteroatoms. The van der Waals surface area contributed by atoms with Gasteiger partial charge in [-0.2, -0.15) is 0 Å². The lowest BCUT2D eigenvalue weighted by atomic mass is 10.3. The highest BCUT2D eigenvalue weighted by Crippen LogP contribution is 2.21. The van der Waals surface area contributed by atoms with Crippen LogP contribution in [0.1, 0.15) is 39.5 Å². The molecular weight excluding hydrogens is 210 g/mol. The molecule has 0 aromatic carbocycles. The molecule has 1 rings (SSSR count). The van der Waals surface area contributed by atoms with Crippen LogP contribution in [0.15, 0.2) is 5.16 Å². The van der Waals surface area contributed by atoms with E-state index in [4.69, 9.17) is 9.57 Å². The Morgan fingerprint density at radius 3 is 2.44 bits per heavy atom. The highest BCUT2D eigenvalue weighted by atomic mass is 16.6. The molecule has 16 heavy (non-hydrogen) atoms. The molecule has 1 saturated carbocycles. The van der Waals surface area contributed by atoms with E-state index in [1.807, 2.05) is 0 Å². The van der Waals surface area contributed by atoms with E-state index in [0.717, 1.165) is 25.7 Å². The molecule has 0 N–H and O–H groups in total. The summed E-state index contributed by atoms with van der Waals surface area (Å²) in [5.41, 5.74) is -0.256. The average molecular weight is 227 g/mol. The third-order valence-electron chi connectivity index (χ3n) is 2.40. The maximum absolute atomic E-state index is 11.3. The van der Waals surface area contributed by atoms with Crippen molar-refractivity contribution in [1.29, 1.82) is 0 Å². The van der Waals surface area contributed by atoms with Crippen molar-refractivity contribution in [2.75, 3.05) is 6.61 Å². The van der Waals surface area contributed by atoms with E-state index in [0.29, 0.717) is 0 Å². The van der Waals surface area contributed by atoms with Crippen LogP contribution in [-0.4, -0.2) is 30.2 Å². The van der Waals surface area contributed by atoms with Gasteiger partial charge in [0.05, 0.1) is 6.61 Å². The van der Waals surface area contributed by atoms with Crippen LogP contribution in [-0.2, 0) is 19.2 Å². The Kier molecular flexibility index (Phi) is 4.95. The fourth-order valence-electron chi connectivity index (χ4n) is 1.57. The summed E-state index contributed by atoms with van der Waals surface area (Å²) >= 11 is 0. The van der Waals surface area contributed by atoms with Crippen LogP contribution in [0.3, 0.4) is 0 Å². The SMILES string of the molecule is CCOC(=O)C(=NOC1CCCC1)C(C)=O. The van der Waals surface area contributed by atoms with Crippen molar-refractivity contribution in [3.05, 3.63) is 0 Å². The minimum Gasteiger partial charge on any atom is -0.461 e. The number of carbonyl (C=O) groups is 2. The van der Waals surface area contributed by atoms with Gasteiger partial charge in [-0.3, -0.25) is 4.79 Å². The molecule has 90 valence electrons. The molecule has 0 saturated heterocycles. The quantitative estimate of drug-likeness (QED) is 0.308. The molecule has 1 aliphatic carbocycles. The Morgan fingerprint density at radius 2 is 1.94 bits per heavy atom. The maximum atomic E-state index is 11.3. The van der Waals surface area contributed by atoms with Crippen molar-refractivity contribution >= 4 is 17.5 Å². The van der Waals surface area contributed by atoms with E-state index < -0.39 is 11.8 Å². The first kappa shape index (κ1) is 12.7. The minimum atomic E-state index is -0.715. The number of hydrogen-bond donors (Lipinski definition) is 0. The van der Waals surface area contributed by atoms with Crippen molar-refractivity contribution in [2.45, 2.75) is 45.6 Å². The van der Waals surface area contributed by atoms with Gasteiger partial charge >= 0.3 is 5.97 Å². The first-order chi connectivity index (χ1) is 7.65. The fraction of sp³-hybridized carbons (Fsp3) is 0.727. The van der Waals surface area contributed by atoms with Gasteiger partial charge in [0, 0.05) is 6.92 Å². The monoisotopic (exact) mass is 227 g/mol. The van der Waals surface area contributed by atoms with Crippen LogP contribution in [0.2, 0.25) is 0 Å². The second kappa shape index (κ2) is 6.25. The highest BCUT2D eigenvalue weighted by molar-refractivity contribution is 6.63. The number of esters is 1. The lowest BCUT2D eigenvalue weighted by Crippen LogP contribution is -2.25. The summed E-state index contributed by atoms with van der Waals surface area (Å²) < 4.78 is 4.71. The average Bonchev–Trinajstić information content (AvgIpc) is 2.70. The van der Waals surface area contributed by atoms with Crippen LogP contribution in [0, 0.1) is 0 Å². The summed E-state index contributed by atoms with van der Waals surface area (Å²) in [5, 5.41) is 3.62. The molecule has 1 aliphatic rings. The van der Waals surface area contributed by atoms with Gasteiger partial charge in [0.25, 0.3) is 0 Å². The summed E-state index contributed by atoms with van der Waals surface area (Å²) in [6.45, 7) is 3.16. The maximum Gasteiger partial charge on any atom is 0.364 e. The Labute approximate surface area is 94.8 Å². The second-order valence-electron chi connectivity index (χ2n) is 3.73. The number of Topliss-reactive ketones (excluding diaryl/α,β-unsaturated/α-hetero) is 1. The predicted octanol–water partition coefficient (Wildman–Crippen LogP) is 1.45. The second-order valence-corrected chi connectivity index (χ2v) is 3.73. The zero-order valence-electron chi connectivity index (χ0n) is 9.69. The van der Waals surface area contributed by atoms with Crippen LogP contribution in [0.4, 0.5) is 0 Å². The topological polar surface area (TPSA) is 65.0 Å². The number of hydrogen-bond acceptors (Lipinski definition) is 5. The van der Waals surface area contributed by atoms with Crippen molar-refractivity contribution in [1.82, 2.24) is 0 Å². The molecular formula is C11H17NO4. The molecule has 0 bridgehead atoms. The Morgan fingerprint density at radius 1 is 1.31 bits per heavy atom. The van der Waals surface area contributed by atoms with Gasteiger partial charge in [0.2, 0.25) is 5.71 Å². The smallest absolute Gasteiger partial charge is 0.364 e. The molecule has 0 aromatic heterocycles. The van der Waals surface area contributed by atoms with Gasteiger partial charge in [-0.25, -0.2) is 4.79 Å². The Hall–Kier alpha value is -1.39. The standard InChI is InChI=1S/C11H17NO4/c1-3-15-11(14)10(8(2)13)12-16-9-6-4-5-7-9/h9H,3-7H2,1-2H3. The van der Waals surface area contributed by atoms with Gasteiger partial charge in [0.1, 0.15) is 6.10 Å². The molecule has 0 radical (unpaired) electrons. The lowest BCUT2D eigenvalue weighted by molar-refractivity contribution is -0.136. The number of rotatable bonds is 5. The van der Waals surface area contributed by atoms with E-state index in [-0.39, 0.29) is 18.4 Å². The summed E-state index contributed by atoms with van der Waals surface area (Å²) in [6.07, 6.45) is 4.10. The predicted molar refractivity (Wildman–Crippen MR) is 58.1 cm³/mol. The number of oxime groups is 1. The molecule has 1 fully saturated rings. The zero-order chi connectivity index (χ0) is 12.0. The molecule has 0 atom stereocenters. The van der Waals surface area contributed by atoms with Gasteiger partial charge in [-0.15, -0.1) is 0 Å². The van der Waals surface area contributed by atoms with Crippen molar-refractivity contribution in [3.63, 3.8) is 0 Å². The zero-order valence-corrected chi connectivity index (χ0v) is 9.69. The summed E-state index contributed by atoms with van der Waals surface area (Å²) in [4.78, 5) is 27.6. The summed E-state index contributed by atoms with van der Waals surface area (Å²) in [6, 6.07) is 0. The van der Waals surface area contributed by atoms with E-state index in [1.165, 1.54) is 6.92 Å². The lowest BCUT2D eigenvalue weighted by Gasteiger charge is -2.07. The number of carbonyl (C=O) groups excluding carboxylic acids is 2. The summed E-state index contributed by atoms with van der Waals surface area (Å²) in [7, 11) is 0. The third-order valence-corrected chi connectivity index (χ3v) is 2.40. The molecule has 0 amide bonds. The first-order valence-electron chi connectivity index (χ1n) is 5.57. The Bertz CT molecular complexity index is 292. The number of ketones is 1. The van der Waals surface area contributed by atoms with Crippen molar-refractivity contribution < 1.29 is 19.2 Å². The third kappa shape index (κ3) is 3.64. The van der Waals surface area contributed by atoms with Crippen LogP contribution >= 0.6 is 0 Å². The normalized spacial score (nSPS) is 17.2. The van der Waals surface area contributed by atoms with Gasteiger partial charge in [-0.05, 0) is 32.6 Å². The van der Waals surface area contributed by atoms with Gasteiger partial charge < -0.3 is 9.57 Å². The molecule has 0 aliphatic heterocycles. The van der Waals surface area contributed by atoms with Crippen LogP contribution < -0.4 is 0 Å². The van der Waals surface area contributed by atoms with Crippen molar-refractivity contribution in [2.24, 2.45) is 5.16 Å². The van der Waals surface area contributed by atoms with E-state index in [1.54, 1.807) is 6.92 Å². The van der Waals surface area contributed by atoms with Crippen LogP contribution in [0.25, 0.3) is 0 Å².